The number of hydrogen-bond acceptors (Lipinski definition) is 3. The van der Waals surface area contributed by atoms with Gasteiger partial charge in [0.25, 0.3) is 5.56 Å². The minimum absolute atomic E-state index is 0.0256. The summed E-state index contributed by atoms with van der Waals surface area (Å²) >= 11 is 0. The Labute approximate surface area is 109 Å². The Morgan fingerprint density at radius 1 is 1.26 bits per heavy atom. The fourth-order valence-corrected chi connectivity index (χ4v) is 1.73. The van der Waals surface area contributed by atoms with Crippen molar-refractivity contribution < 1.29 is 5.11 Å². The predicted molar refractivity (Wildman–Crippen MR) is 71.9 cm³/mol. The van der Waals surface area contributed by atoms with Crippen LogP contribution in [0, 0.1) is 11.8 Å². The third kappa shape index (κ3) is 2.43. The van der Waals surface area contributed by atoms with Crippen molar-refractivity contribution in [3.05, 3.63) is 51.2 Å². The molecule has 19 heavy (non-hydrogen) atoms. The molecule has 1 aromatic heterocycles. The van der Waals surface area contributed by atoms with Gasteiger partial charge in [-0.3, -0.25) is 14.3 Å². The van der Waals surface area contributed by atoms with Crippen LogP contribution in [0.25, 0.3) is 11.1 Å². The number of nitrogens with one attached hydrogen (secondary N) is 1. The standard InChI is InChI=1S/C14H12N2O3/c1-2-3-9-16-13(18)11(12(17)15-14(16)19)10-7-5-4-6-8-10/h4-8,18H,9H2,1H3,(H,15,17,19). The lowest BCUT2D eigenvalue weighted by molar-refractivity contribution is 0.415. The van der Waals surface area contributed by atoms with Crippen LogP contribution in [-0.2, 0) is 6.54 Å². The smallest absolute Gasteiger partial charge is 0.332 e. The first kappa shape index (κ1) is 12.7. The Bertz CT molecular complexity index is 761. The van der Waals surface area contributed by atoms with Gasteiger partial charge in [-0.05, 0) is 12.5 Å². The number of hydrogen-bond donors (Lipinski definition) is 2. The third-order valence-electron chi connectivity index (χ3n) is 2.65. The molecule has 0 aliphatic rings. The molecule has 1 heterocycles. The molecule has 0 bridgehead atoms. The zero-order chi connectivity index (χ0) is 13.8. The molecule has 2 N–H and O–H groups in total. The monoisotopic (exact) mass is 256 g/mol. The SMILES string of the molecule is CC#CCn1c(O)c(-c2ccccc2)c(=O)[nH]c1=O. The second-order valence-corrected chi connectivity index (χ2v) is 3.84. The summed E-state index contributed by atoms with van der Waals surface area (Å²) in [5.74, 6) is 4.93. The van der Waals surface area contributed by atoms with E-state index in [4.69, 9.17) is 0 Å². The normalized spacial score (nSPS) is 9.74. The number of aromatic nitrogens is 2. The molecule has 0 saturated carbocycles. The highest BCUT2D eigenvalue weighted by Gasteiger charge is 2.14. The van der Waals surface area contributed by atoms with Gasteiger partial charge in [0.05, 0.1) is 6.54 Å². The van der Waals surface area contributed by atoms with Gasteiger partial charge in [-0.25, -0.2) is 4.79 Å². The van der Waals surface area contributed by atoms with Crippen LogP contribution in [0.5, 0.6) is 5.88 Å². The molecule has 0 spiro atoms. The van der Waals surface area contributed by atoms with E-state index >= 15 is 0 Å². The van der Waals surface area contributed by atoms with Gasteiger partial charge in [0.15, 0.2) is 0 Å². The molecule has 0 atom stereocenters. The number of nitrogens with zero attached hydrogens (tertiary/aromatic N) is 1. The Kier molecular flexibility index (Phi) is 3.53. The van der Waals surface area contributed by atoms with E-state index in [-0.39, 0.29) is 18.0 Å². The maximum atomic E-state index is 11.8. The van der Waals surface area contributed by atoms with E-state index in [9.17, 15) is 14.7 Å². The topological polar surface area (TPSA) is 75.1 Å². The number of H-pyrrole nitrogens is 1. The molecule has 0 radical (unpaired) electrons. The van der Waals surface area contributed by atoms with E-state index in [2.05, 4.69) is 16.8 Å². The summed E-state index contributed by atoms with van der Waals surface area (Å²) in [5.41, 5.74) is -0.683. The second-order valence-electron chi connectivity index (χ2n) is 3.84. The number of aromatic hydroxyl groups is 1. The van der Waals surface area contributed by atoms with Gasteiger partial charge in [0, 0.05) is 0 Å². The molecule has 2 rings (SSSR count). The van der Waals surface area contributed by atoms with Crippen LogP contribution in [0.4, 0.5) is 0 Å². The van der Waals surface area contributed by atoms with Crippen molar-refractivity contribution in [1.29, 1.82) is 0 Å². The fourth-order valence-electron chi connectivity index (χ4n) is 1.73. The third-order valence-corrected chi connectivity index (χ3v) is 2.65. The first-order valence-electron chi connectivity index (χ1n) is 5.66. The summed E-state index contributed by atoms with van der Waals surface area (Å²) in [7, 11) is 0. The van der Waals surface area contributed by atoms with Crippen LogP contribution in [0.15, 0.2) is 39.9 Å². The summed E-state index contributed by atoms with van der Waals surface area (Å²) in [6.45, 7) is 1.66. The highest BCUT2D eigenvalue weighted by molar-refractivity contribution is 5.67. The van der Waals surface area contributed by atoms with Crippen molar-refractivity contribution in [2.45, 2.75) is 13.5 Å². The van der Waals surface area contributed by atoms with Crippen molar-refractivity contribution in [3.8, 4) is 28.8 Å². The molecule has 0 saturated heterocycles. The van der Waals surface area contributed by atoms with Gasteiger partial charge >= 0.3 is 5.69 Å². The molecule has 0 unspecified atom stereocenters. The van der Waals surface area contributed by atoms with Crippen LogP contribution < -0.4 is 11.2 Å². The van der Waals surface area contributed by atoms with Crippen molar-refractivity contribution in [2.24, 2.45) is 0 Å². The van der Waals surface area contributed by atoms with Crippen molar-refractivity contribution in [3.63, 3.8) is 0 Å². The van der Waals surface area contributed by atoms with E-state index in [1.807, 2.05) is 0 Å². The summed E-state index contributed by atoms with van der Waals surface area (Å²) in [6, 6.07) is 8.66. The average Bonchev–Trinajstić information content (AvgIpc) is 2.39. The average molecular weight is 256 g/mol. The molecule has 0 aliphatic heterocycles. The number of aromatic amines is 1. The van der Waals surface area contributed by atoms with Crippen LogP contribution >= 0.6 is 0 Å². The number of benzene rings is 1. The Hall–Kier alpha value is -2.74. The largest absolute Gasteiger partial charge is 0.494 e. The van der Waals surface area contributed by atoms with Crippen LogP contribution in [0.3, 0.4) is 0 Å². The van der Waals surface area contributed by atoms with Crippen molar-refractivity contribution in [1.82, 2.24) is 9.55 Å². The van der Waals surface area contributed by atoms with Crippen LogP contribution in [-0.4, -0.2) is 14.7 Å². The Morgan fingerprint density at radius 2 is 1.95 bits per heavy atom. The van der Waals surface area contributed by atoms with E-state index in [0.717, 1.165) is 4.57 Å². The molecule has 0 amide bonds. The van der Waals surface area contributed by atoms with E-state index in [1.54, 1.807) is 37.3 Å². The van der Waals surface area contributed by atoms with E-state index in [1.165, 1.54) is 0 Å². The molecular weight excluding hydrogens is 244 g/mol. The molecule has 1 aromatic carbocycles. The van der Waals surface area contributed by atoms with Gasteiger partial charge in [-0.2, -0.15) is 0 Å². The maximum absolute atomic E-state index is 11.8. The molecule has 5 heteroatoms. The van der Waals surface area contributed by atoms with Gasteiger partial charge in [-0.1, -0.05) is 36.3 Å². The predicted octanol–water partition coefficient (Wildman–Crippen LogP) is 0.932. The van der Waals surface area contributed by atoms with E-state index in [0.29, 0.717) is 5.56 Å². The molecule has 5 nitrogen and oxygen atoms in total. The minimum atomic E-state index is -0.676. The lowest BCUT2D eigenvalue weighted by Gasteiger charge is -2.08. The molecular formula is C14H12N2O3. The van der Waals surface area contributed by atoms with Gasteiger partial charge in [0.2, 0.25) is 5.88 Å². The summed E-state index contributed by atoms with van der Waals surface area (Å²) < 4.78 is 1.03. The second kappa shape index (κ2) is 5.27. The first-order chi connectivity index (χ1) is 9.15. The fraction of sp³-hybridized carbons (Fsp3) is 0.143. The van der Waals surface area contributed by atoms with Crippen molar-refractivity contribution >= 4 is 0 Å². The van der Waals surface area contributed by atoms with Gasteiger partial charge < -0.3 is 5.11 Å². The molecule has 96 valence electrons. The highest BCUT2D eigenvalue weighted by Crippen LogP contribution is 2.23. The van der Waals surface area contributed by atoms with Crippen molar-refractivity contribution in [2.75, 3.05) is 0 Å². The van der Waals surface area contributed by atoms with Gasteiger partial charge in [-0.15, -0.1) is 5.92 Å². The Morgan fingerprint density at radius 3 is 2.58 bits per heavy atom. The van der Waals surface area contributed by atoms with Crippen LogP contribution in [0.1, 0.15) is 6.92 Å². The maximum Gasteiger partial charge on any atom is 0.332 e. The Balaban J connectivity index is 2.71. The lowest BCUT2D eigenvalue weighted by Crippen LogP contribution is -2.30. The molecule has 0 aliphatic carbocycles. The van der Waals surface area contributed by atoms with Gasteiger partial charge in [0.1, 0.15) is 5.56 Å². The highest BCUT2D eigenvalue weighted by atomic mass is 16.3. The van der Waals surface area contributed by atoms with Crippen LogP contribution in [0.2, 0.25) is 0 Å². The molecule has 0 fully saturated rings. The summed E-state index contributed by atoms with van der Waals surface area (Å²) in [6.07, 6.45) is 0. The summed E-state index contributed by atoms with van der Waals surface area (Å²) in [4.78, 5) is 25.6. The summed E-state index contributed by atoms with van der Waals surface area (Å²) in [5, 5.41) is 10.1. The zero-order valence-corrected chi connectivity index (χ0v) is 10.3. The zero-order valence-electron chi connectivity index (χ0n) is 10.3. The minimum Gasteiger partial charge on any atom is -0.494 e. The number of rotatable bonds is 2. The quantitative estimate of drug-likeness (QED) is 0.785. The molecule has 2 aromatic rings. The first-order valence-corrected chi connectivity index (χ1v) is 5.66. The lowest BCUT2D eigenvalue weighted by atomic mass is 10.1. The van der Waals surface area contributed by atoms with E-state index < -0.39 is 11.2 Å².